The van der Waals surface area contributed by atoms with Crippen LogP contribution in [0, 0.1) is 12.8 Å². The molecule has 0 aromatic carbocycles. The molecule has 1 aliphatic rings. The lowest BCUT2D eigenvalue weighted by Gasteiger charge is -2.10. The van der Waals surface area contributed by atoms with Crippen LogP contribution in [-0.2, 0) is 9.53 Å². The SMILES string of the molecule is Cc1nn(C(F)F)cc1NC(=O)C1C[C@H](C)C(C)O1. The van der Waals surface area contributed by atoms with Crippen LogP contribution in [0.15, 0.2) is 6.20 Å². The van der Waals surface area contributed by atoms with E-state index in [0.717, 1.165) is 6.20 Å². The second-order valence-electron chi connectivity index (χ2n) is 4.92. The van der Waals surface area contributed by atoms with E-state index in [9.17, 15) is 13.6 Å². The van der Waals surface area contributed by atoms with E-state index in [1.54, 1.807) is 6.92 Å². The van der Waals surface area contributed by atoms with Crippen LogP contribution in [-0.4, -0.2) is 27.9 Å². The smallest absolute Gasteiger partial charge is 0.333 e. The summed E-state index contributed by atoms with van der Waals surface area (Å²) in [6.07, 6.45) is 1.26. The summed E-state index contributed by atoms with van der Waals surface area (Å²) >= 11 is 0. The number of amides is 1. The van der Waals surface area contributed by atoms with Crippen LogP contribution in [0.1, 0.15) is 32.5 Å². The summed E-state index contributed by atoms with van der Waals surface area (Å²) in [7, 11) is 0. The molecule has 1 aromatic heterocycles. The summed E-state index contributed by atoms with van der Waals surface area (Å²) in [6.45, 7) is 2.78. The van der Waals surface area contributed by atoms with Gasteiger partial charge in [0.1, 0.15) is 6.10 Å². The van der Waals surface area contributed by atoms with Gasteiger partial charge in [0.05, 0.1) is 23.7 Å². The van der Waals surface area contributed by atoms with Crippen LogP contribution in [0.3, 0.4) is 0 Å². The number of nitrogens with zero attached hydrogens (tertiary/aromatic N) is 2. The van der Waals surface area contributed by atoms with Crippen LogP contribution >= 0.6 is 0 Å². The molecule has 1 saturated heterocycles. The van der Waals surface area contributed by atoms with Crippen molar-refractivity contribution in [3.8, 4) is 0 Å². The average molecular weight is 273 g/mol. The molecule has 1 aromatic rings. The van der Waals surface area contributed by atoms with Crippen molar-refractivity contribution in [1.82, 2.24) is 9.78 Å². The zero-order chi connectivity index (χ0) is 14.2. The minimum Gasteiger partial charge on any atom is -0.365 e. The maximum Gasteiger partial charge on any atom is 0.333 e. The second kappa shape index (κ2) is 5.24. The molecule has 2 heterocycles. The molecule has 2 rings (SSSR count). The Labute approximate surface area is 109 Å². The maximum absolute atomic E-state index is 12.5. The molecular weight excluding hydrogens is 256 g/mol. The standard InChI is InChI=1S/C12H17F2N3O2/c1-6-4-10(19-8(6)3)11(18)15-9-5-17(12(13)14)16-7(9)2/h5-6,8,10,12H,4H2,1-3H3,(H,15,18)/t6-,8?,10?/m0/s1. The molecule has 0 radical (unpaired) electrons. The molecule has 0 bridgehead atoms. The number of carbonyl (C=O) groups excluding carboxylic acids is 1. The predicted molar refractivity (Wildman–Crippen MR) is 65.0 cm³/mol. The fourth-order valence-corrected chi connectivity index (χ4v) is 2.06. The third kappa shape index (κ3) is 2.91. The highest BCUT2D eigenvalue weighted by atomic mass is 19.3. The third-order valence-electron chi connectivity index (χ3n) is 3.43. The van der Waals surface area contributed by atoms with Crippen molar-refractivity contribution in [2.45, 2.75) is 45.9 Å². The van der Waals surface area contributed by atoms with Crippen LogP contribution < -0.4 is 5.32 Å². The first kappa shape index (κ1) is 13.9. The molecule has 1 amide bonds. The fraction of sp³-hybridized carbons (Fsp3) is 0.667. The topological polar surface area (TPSA) is 56.2 Å². The number of nitrogens with one attached hydrogen (secondary N) is 1. The zero-order valence-corrected chi connectivity index (χ0v) is 11.1. The molecule has 0 spiro atoms. The van der Waals surface area contributed by atoms with Gasteiger partial charge in [0.25, 0.3) is 5.91 Å². The normalized spacial score (nSPS) is 26.9. The molecule has 3 atom stereocenters. The van der Waals surface area contributed by atoms with E-state index in [0.29, 0.717) is 28.4 Å². The van der Waals surface area contributed by atoms with Crippen molar-refractivity contribution < 1.29 is 18.3 Å². The summed E-state index contributed by atoms with van der Waals surface area (Å²) in [5, 5.41) is 6.22. The lowest BCUT2D eigenvalue weighted by atomic mass is 10.0. The Balaban J connectivity index is 2.03. The van der Waals surface area contributed by atoms with E-state index in [2.05, 4.69) is 10.4 Å². The van der Waals surface area contributed by atoms with E-state index < -0.39 is 12.7 Å². The maximum atomic E-state index is 12.5. The Morgan fingerprint density at radius 2 is 2.26 bits per heavy atom. The Bertz CT molecular complexity index is 466. The average Bonchev–Trinajstić information content (AvgIpc) is 2.85. The van der Waals surface area contributed by atoms with Gasteiger partial charge in [0.2, 0.25) is 0 Å². The van der Waals surface area contributed by atoms with Gasteiger partial charge in [-0.1, -0.05) is 6.92 Å². The highest BCUT2D eigenvalue weighted by Crippen LogP contribution is 2.27. The summed E-state index contributed by atoms with van der Waals surface area (Å²) in [5.41, 5.74) is 0.647. The van der Waals surface area contributed by atoms with Crippen molar-refractivity contribution in [2.75, 3.05) is 5.32 Å². The van der Waals surface area contributed by atoms with Crippen LogP contribution in [0.4, 0.5) is 14.5 Å². The molecule has 0 saturated carbocycles. The molecule has 1 fully saturated rings. The molecule has 2 unspecified atom stereocenters. The molecular formula is C12H17F2N3O2. The Kier molecular flexibility index (Phi) is 3.84. The van der Waals surface area contributed by atoms with E-state index in [-0.39, 0.29) is 12.0 Å². The number of alkyl halides is 2. The minimum atomic E-state index is -2.72. The number of anilines is 1. The van der Waals surface area contributed by atoms with Crippen molar-refractivity contribution in [1.29, 1.82) is 0 Å². The van der Waals surface area contributed by atoms with E-state index in [1.165, 1.54) is 0 Å². The fourth-order valence-electron chi connectivity index (χ4n) is 2.06. The third-order valence-corrected chi connectivity index (χ3v) is 3.43. The molecule has 0 aliphatic carbocycles. The molecule has 19 heavy (non-hydrogen) atoms. The largest absolute Gasteiger partial charge is 0.365 e. The monoisotopic (exact) mass is 273 g/mol. The summed E-state index contributed by atoms with van der Waals surface area (Å²) in [4.78, 5) is 12.0. The quantitative estimate of drug-likeness (QED) is 0.919. The number of hydrogen-bond acceptors (Lipinski definition) is 3. The zero-order valence-electron chi connectivity index (χ0n) is 11.1. The van der Waals surface area contributed by atoms with Crippen molar-refractivity contribution in [3.05, 3.63) is 11.9 Å². The lowest BCUT2D eigenvalue weighted by Crippen LogP contribution is -2.27. The summed E-state index contributed by atoms with van der Waals surface area (Å²) in [6, 6.07) is 0. The molecule has 1 N–H and O–H groups in total. The van der Waals surface area contributed by atoms with Crippen LogP contribution in [0.25, 0.3) is 0 Å². The van der Waals surface area contributed by atoms with Gasteiger partial charge in [-0.15, -0.1) is 0 Å². The van der Waals surface area contributed by atoms with Gasteiger partial charge < -0.3 is 10.1 Å². The molecule has 106 valence electrons. The van der Waals surface area contributed by atoms with Crippen LogP contribution in [0.2, 0.25) is 0 Å². The number of carbonyl (C=O) groups is 1. The highest BCUT2D eigenvalue weighted by Gasteiger charge is 2.34. The van der Waals surface area contributed by atoms with Gasteiger partial charge in [-0.3, -0.25) is 4.79 Å². The lowest BCUT2D eigenvalue weighted by molar-refractivity contribution is -0.126. The van der Waals surface area contributed by atoms with E-state index >= 15 is 0 Å². The second-order valence-corrected chi connectivity index (χ2v) is 4.92. The summed E-state index contributed by atoms with van der Waals surface area (Å²) < 4.78 is 31.0. The van der Waals surface area contributed by atoms with Crippen molar-refractivity contribution in [2.24, 2.45) is 5.92 Å². The number of aromatic nitrogens is 2. The van der Waals surface area contributed by atoms with Gasteiger partial charge in [0, 0.05) is 0 Å². The number of aryl methyl sites for hydroxylation is 1. The first-order chi connectivity index (χ1) is 8.88. The van der Waals surface area contributed by atoms with Gasteiger partial charge in [-0.25, -0.2) is 4.68 Å². The van der Waals surface area contributed by atoms with Crippen molar-refractivity contribution in [3.63, 3.8) is 0 Å². The number of halogens is 2. The number of rotatable bonds is 3. The van der Waals surface area contributed by atoms with Gasteiger partial charge in [-0.2, -0.15) is 13.9 Å². The highest BCUT2D eigenvalue weighted by molar-refractivity contribution is 5.94. The Morgan fingerprint density at radius 3 is 2.74 bits per heavy atom. The Morgan fingerprint density at radius 1 is 1.58 bits per heavy atom. The van der Waals surface area contributed by atoms with Crippen molar-refractivity contribution >= 4 is 11.6 Å². The van der Waals surface area contributed by atoms with Gasteiger partial charge >= 0.3 is 6.55 Å². The van der Waals surface area contributed by atoms with E-state index in [1.807, 2.05) is 13.8 Å². The molecule has 5 nitrogen and oxygen atoms in total. The summed E-state index contributed by atoms with van der Waals surface area (Å²) in [5.74, 6) is -0.00579. The minimum absolute atomic E-state index is 0.0284. The van der Waals surface area contributed by atoms with Crippen LogP contribution in [0.5, 0.6) is 0 Å². The molecule has 1 aliphatic heterocycles. The first-order valence-electron chi connectivity index (χ1n) is 6.18. The predicted octanol–water partition coefficient (Wildman–Crippen LogP) is 2.34. The number of hydrogen-bond donors (Lipinski definition) is 1. The van der Waals surface area contributed by atoms with E-state index in [4.69, 9.17) is 4.74 Å². The molecule has 7 heteroatoms. The Hall–Kier alpha value is -1.50. The van der Waals surface area contributed by atoms with Gasteiger partial charge in [-0.05, 0) is 26.2 Å². The van der Waals surface area contributed by atoms with Gasteiger partial charge in [0.15, 0.2) is 0 Å². The first-order valence-corrected chi connectivity index (χ1v) is 6.18. The number of ether oxygens (including phenoxy) is 1.